The molecule has 0 radical (unpaired) electrons. The Kier molecular flexibility index (Phi) is 4.53. The molecule has 1 aromatic rings. The molecule has 0 aliphatic carbocycles. The van der Waals surface area contributed by atoms with E-state index in [2.05, 4.69) is 22.2 Å². The molecule has 0 amide bonds. The van der Waals surface area contributed by atoms with Crippen LogP contribution >= 0.6 is 22.9 Å². The highest BCUT2D eigenvalue weighted by Gasteiger charge is 2.07. The van der Waals surface area contributed by atoms with Crippen molar-refractivity contribution < 1.29 is 0 Å². The van der Waals surface area contributed by atoms with Gasteiger partial charge in [0.05, 0.1) is 5.69 Å². The molecule has 0 saturated heterocycles. The topological polar surface area (TPSA) is 16.1 Å². The Morgan fingerprint density at radius 1 is 1.54 bits per heavy atom. The van der Waals surface area contributed by atoms with Gasteiger partial charge in [0.2, 0.25) is 0 Å². The number of hydrogen-bond donors (Lipinski definition) is 0. The normalized spacial score (nSPS) is 10.4. The van der Waals surface area contributed by atoms with Crippen LogP contribution in [0, 0.1) is 6.92 Å². The maximum absolute atomic E-state index is 5.72. The third kappa shape index (κ3) is 3.16. The second-order valence-electron chi connectivity index (χ2n) is 2.95. The Balaban J connectivity index is 2.63. The zero-order valence-electron chi connectivity index (χ0n) is 8.09. The molecule has 74 valence electrons. The summed E-state index contributed by atoms with van der Waals surface area (Å²) in [6.45, 7) is 6.12. The van der Waals surface area contributed by atoms with Crippen molar-refractivity contribution in [2.45, 2.75) is 20.3 Å². The fourth-order valence-corrected chi connectivity index (χ4v) is 2.22. The maximum atomic E-state index is 5.72. The summed E-state index contributed by atoms with van der Waals surface area (Å²) in [6, 6.07) is 0. The van der Waals surface area contributed by atoms with Crippen LogP contribution in [0.25, 0.3) is 0 Å². The fraction of sp³-hybridized carbons (Fsp3) is 0.667. The summed E-state index contributed by atoms with van der Waals surface area (Å²) in [7, 11) is 0. The van der Waals surface area contributed by atoms with Crippen LogP contribution in [0.3, 0.4) is 0 Å². The highest BCUT2D eigenvalue weighted by Crippen LogP contribution is 2.19. The SMILES string of the molecule is CCCN(CCCl)c1nc(C)cs1. The van der Waals surface area contributed by atoms with Crippen LogP contribution in [0.5, 0.6) is 0 Å². The van der Waals surface area contributed by atoms with Gasteiger partial charge in [-0.05, 0) is 13.3 Å². The fourth-order valence-electron chi connectivity index (χ4n) is 1.16. The maximum Gasteiger partial charge on any atom is 0.185 e. The van der Waals surface area contributed by atoms with Crippen LogP contribution in [0.15, 0.2) is 5.38 Å². The minimum Gasteiger partial charge on any atom is -0.347 e. The zero-order valence-corrected chi connectivity index (χ0v) is 9.66. The molecule has 2 nitrogen and oxygen atoms in total. The van der Waals surface area contributed by atoms with Crippen LogP contribution in [0.2, 0.25) is 0 Å². The predicted molar refractivity (Wildman–Crippen MR) is 60.1 cm³/mol. The smallest absolute Gasteiger partial charge is 0.185 e. The predicted octanol–water partition coefficient (Wildman–Crippen LogP) is 2.91. The molecule has 0 aliphatic heterocycles. The standard InChI is InChI=1S/C9H15ClN2S/c1-3-5-12(6-4-10)9-11-8(2)7-13-9/h7H,3-6H2,1-2H3. The van der Waals surface area contributed by atoms with Gasteiger partial charge in [0, 0.05) is 24.3 Å². The monoisotopic (exact) mass is 218 g/mol. The first kappa shape index (κ1) is 10.8. The van der Waals surface area contributed by atoms with Crippen molar-refractivity contribution >= 4 is 28.1 Å². The van der Waals surface area contributed by atoms with Gasteiger partial charge in [0.25, 0.3) is 0 Å². The average molecular weight is 219 g/mol. The van der Waals surface area contributed by atoms with Gasteiger partial charge in [-0.25, -0.2) is 4.98 Å². The number of hydrogen-bond acceptors (Lipinski definition) is 3. The molecule has 0 bridgehead atoms. The molecule has 0 saturated carbocycles. The van der Waals surface area contributed by atoms with Crippen molar-refractivity contribution in [1.82, 2.24) is 4.98 Å². The van der Waals surface area contributed by atoms with Gasteiger partial charge < -0.3 is 4.90 Å². The lowest BCUT2D eigenvalue weighted by atomic mass is 10.4. The number of alkyl halides is 1. The van der Waals surface area contributed by atoms with Crippen molar-refractivity contribution in [1.29, 1.82) is 0 Å². The van der Waals surface area contributed by atoms with Crippen molar-refractivity contribution in [3.8, 4) is 0 Å². The molecule has 4 heteroatoms. The van der Waals surface area contributed by atoms with Crippen LogP contribution in [-0.2, 0) is 0 Å². The second-order valence-corrected chi connectivity index (χ2v) is 4.16. The van der Waals surface area contributed by atoms with Crippen LogP contribution in [0.1, 0.15) is 19.0 Å². The van der Waals surface area contributed by atoms with E-state index in [-0.39, 0.29) is 0 Å². The van der Waals surface area contributed by atoms with Gasteiger partial charge in [0.15, 0.2) is 5.13 Å². The van der Waals surface area contributed by atoms with E-state index in [1.807, 2.05) is 6.92 Å². The molecular formula is C9H15ClN2S. The van der Waals surface area contributed by atoms with Gasteiger partial charge in [-0.3, -0.25) is 0 Å². The third-order valence-electron chi connectivity index (χ3n) is 1.73. The van der Waals surface area contributed by atoms with Gasteiger partial charge >= 0.3 is 0 Å². The van der Waals surface area contributed by atoms with Crippen molar-refractivity contribution in [3.05, 3.63) is 11.1 Å². The number of halogens is 1. The number of anilines is 1. The van der Waals surface area contributed by atoms with E-state index in [0.717, 1.165) is 30.3 Å². The molecule has 13 heavy (non-hydrogen) atoms. The molecule has 0 spiro atoms. The van der Waals surface area contributed by atoms with Crippen molar-refractivity contribution in [2.75, 3.05) is 23.9 Å². The zero-order chi connectivity index (χ0) is 9.68. The first-order valence-corrected chi connectivity index (χ1v) is 5.92. The number of nitrogens with zero attached hydrogens (tertiary/aromatic N) is 2. The molecule has 0 unspecified atom stereocenters. The molecule has 0 atom stereocenters. The lowest BCUT2D eigenvalue weighted by molar-refractivity contribution is 0.789. The second kappa shape index (κ2) is 5.45. The Bertz CT molecular complexity index is 244. The van der Waals surface area contributed by atoms with Crippen LogP contribution in [-0.4, -0.2) is 24.0 Å². The van der Waals surface area contributed by atoms with Crippen LogP contribution in [0.4, 0.5) is 5.13 Å². The number of rotatable bonds is 5. The van der Waals surface area contributed by atoms with Gasteiger partial charge in [-0.2, -0.15) is 0 Å². The summed E-state index contributed by atoms with van der Waals surface area (Å²) in [5.74, 6) is 0.665. The van der Waals surface area contributed by atoms with E-state index in [9.17, 15) is 0 Å². The van der Waals surface area contributed by atoms with E-state index in [1.54, 1.807) is 11.3 Å². The molecular weight excluding hydrogens is 204 g/mol. The summed E-state index contributed by atoms with van der Waals surface area (Å²) in [5.41, 5.74) is 1.09. The van der Waals surface area contributed by atoms with E-state index in [1.165, 1.54) is 0 Å². The first-order valence-electron chi connectivity index (χ1n) is 4.51. The Morgan fingerprint density at radius 3 is 2.77 bits per heavy atom. The summed E-state index contributed by atoms with van der Waals surface area (Å²) in [6.07, 6.45) is 1.13. The minimum atomic E-state index is 0.665. The van der Waals surface area contributed by atoms with Crippen molar-refractivity contribution in [2.24, 2.45) is 0 Å². The molecule has 1 rings (SSSR count). The largest absolute Gasteiger partial charge is 0.347 e. The lowest BCUT2D eigenvalue weighted by Crippen LogP contribution is -2.26. The first-order chi connectivity index (χ1) is 6.27. The number of thiazole rings is 1. The molecule has 0 aliphatic rings. The lowest BCUT2D eigenvalue weighted by Gasteiger charge is -2.19. The highest BCUT2D eigenvalue weighted by molar-refractivity contribution is 7.13. The Morgan fingerprint density at radius 2 is 2.31 bits per heavy atom. The van der Waals surface area contributed by atoms with E-state index < -0.39 is 0 Å². The number of aryl methyl sites for hydroxylation is 1. The van der Waals surface area contributed by atoms with E-state index >= 15 is 0 Å². The number of aromatic nitrogens is 1. The molecule has 0 fully saturated rings. The van der Waals surface area contributed by atoms with Gasteiger partial charge in [-0.1, -0.05) is 6.92 Å². The molecule has 1 aromatic heterocycles. The average Bonchev–Trinajstić information content (AvgIpc) is 2.51. The molecule has 0 N–H and O–H groups in total. The van der Waals surface area contributed by atoms with Crippen molar-refractivity contribution in [3.63, 3.8) is 0 Å². The Hall–Kier alpha value is -0.280. The van der Waals surface area contributed by atoms with Gasteiger partial charge in [-0.15, -0.1) is 22.9 Å². The summed E-state index contributed by atoms with van der Waals surface area (Å²) in [5, 5.41) is 3.17. The van der Waals surface area contributed by atoms with E-state index in [0.29, 0.717) is 5.88 Å². The summed E-state index contributed by atoms with van der Waals surface area (Å²) >= 11 is 7.42. The van der Waals surface area contributed by atoms with E-state index in [4.69, 9.17) is 11.6 Å². The highest BCUT2D eigenvalue weighted by atomic mass is 35.5. The molecule has 1 heterocycles. The summed E-state index contributed by atoms with van der Waals surface area (Å²) < 4.78 is 0. The quantitative estimate of drug-likeness (QED) is 0.707. The molecule has 0 aromatic carbocycles. The third-order valence-corrected chi connectivity index (χ3v) is 2.91. The minimum absolute atomic E-state index is 0.665. The Labute approximate surface area is 88.5 Å². The van der Waals surface area contributed by atoms with Gasteiger partial charge in [0.1, 0.15) is 0 Å². The summed E-state index contributed by atoms with van der Waals surface area (Å²) in [4.78, 5) is 6.67. The van der Waals surface area contributed by atoms with Crippen LogP contribution < -0.4 is 4.90 Å².